The maximum Gasteiger partial charge on any atom is 0.208 e. The molecule has 0 spiro atoms. The summed E-state index contributed by atoms with van der Waals surface area (Å²) >= 11 is 0. The largest absolute Gasteiger partial charge is 0.444 e. The molecule has 0 amide bonds. The molecule has 1 fully saturated rings. The molecule has 1 aliphatic rings. The molecule has 4 rings (SSSR count). The van der Waals surface area contributed by atoms with E-state index in [2.05, 4.69) is 76.8 Å². The SMILES string of the molecule is CCNC(=NCC1CCN(Cc2nc(C)c(C)o2)CC1)NC(C)c1cccc2ccccc12.I. The van der Waals surface area contributed by atoms with Crippen molar-refractivity contribution in [3.05, 3.63) is 65.4 Å². The van der Waals surface area contributed by atoms with Crippen LogP contribution in [-0.4, -0.2) is 42.0 Å². The highest BCUT2D eigenvalue weighted by atomic mass is 127. The van der Waals surface area contributed by atoms with E-state index in [0.29, 0.717) is 5.92 Å². The van der Waals surface area contributed by atoms with Crippen molar-refractivity contribution in [3.63, 3.8) is 0 Å². The van der Waals surface area contributed by atoms with Gasteiger partial charge in [-0.25, -0.2) is 4.98 Å². The Balaban J connectivity index is 0.00000324. The molecule has 1 saturated heterocycles. The highest BCUT2D eigenvalue weighted by Gasteiger charge is 2.21. The molecule has 3 aromatic rings. The molecule has 0 aliphatic carbocycles. The molecular weight excluding hydrogens is 537 g/mol. The fourth-order valence-electron chi connectivity index (χ4n) is 4.58. The summed E-state index contributed by atoms with van der Waals surface area (Å²) in [6.45, 7) is 12.9. The van der Waals surface area contributed by atoms with Crippen molar-refractivity contribution in [2.75, 3.05) is 26.2 Å². The fourth-order valence-corrected chi connectivity index (χ4v) is 4.58. The third-order valence-corrected chi connectivity index (χ3v) is 6.63. The minimum atomic E-state index is 0. The van der Waals surface area contributed by atoms with Crippen molar-refractivity contribution in [1.82, 2.24) is 20.5 Å². The van der Waals surface area contributed by atoms with Crippen LogP contribution >= 0.6 is 24.0 Å². The van der Waals surface area contributed by atoms with Crippen molar-refractivity contribution in [3.8, 4) is 0 Å². The van der Waals surface area contributed by atoms with Crippen molar-refractivity contribution in [2.24, 2.45) is 10.9 Å². The molecule has 0 bridgehead atoms. The van der Waals surface area contributed by atoms with Crippen molar-refractivity contribution < 1.29 is 4.42 Å². The molecule has 0 radical (unpaired) electrons. The lowest BCUT2D eigenvalue weighted by Gasteiger charge is -2.30. The topological polar surface area (TPSA) is 65.7 Å². The highest BCUT2D eigenvalue weighted by Crippen LogP contribution is 2.24. The van der Waals surface area contributed by atoms with E-state index in [0.717, 1.165) is 68.9 Å². The molecule has 1 aliphatic heterocycles. The summed E-state index contributed by atoms with van der Waals surface area (Å²) in [6.07, 6.45) is 2.31. The van der Waals surface area contributed by atoms with Crippen LogP contribution in [-0.2, 0) is 6.54 Å². The van der Waals surface area contributed by atoms with Crippen LogP contribution in [0.3, 0.4) is 0 Å². The number of halogens is 1. The number of aromatic nitrogens is 1. The van der Waals surface area contributed by atoms with E-state index in [1.54, 1.807) is 0 Å². The van der Waals surface area contributed by atoms with Gasteiger partial charge in [0, 0.05) is 13.1 Å². The number of nitrogens with zero attached hydrogens (tertiary/aromatic N) is 3. The maximum atomic E-state index is 5.76. The number of likely N-dealkylation sites (tertiary alicyclic amines) is 1. The highest BCUT2D eigenvalue weighted by molar-refractivity contribution is 14.0. The molecule has 1 atom stereocenters. The van der Waals surface area contributed by atoms with Gasteiger partial charge in [0.2, 0.25) is 5.89 Å². The molecule has 1 aromatic heterocycles. The van der Waals surface area contributed by atoms with Gasteiger partial charge in [-0.1, -0.05) is 42.5 Å². The zero-order valence-corrected chi connectivity index (χ0v) is 23.1. The minimum absolute atomic E-state index is 0. The number of benzene rings is 2. The lowest BCUT2D eigenvalue weighted by atomic mass is 9.97. The number of guanidine groups is 1. The second kappa shape index (κ2) is 12.5. The summed E-state index contributed by atoms with van der Waals surface area (Å²) in [7, 11) is 0. The van der Waals surface area contributed by atoms with Crippen LogP contribution in [0.4, 0.5) is 0 Å². The van der Waals surface area contributed by atoms with Gasteiger partial charge in [-0.3, -0.25) is 9.89 Å². The number of piperidine rings is 1. The normalized spacial score (nSPS) is 16.3. The Kier molecular flexibility index (Phi) is 9.76. The van der Waals surface area contributed by atoms with Gasteiger partial charge in [-0.15, -0.1) is 24.0 Å². The van der Waals surface area contributed by atoms with E-state index in [9.17, 15) is 0 Å². The number of hydrogen-bond acceptors (Lipinski definition) is 4. The van der Waals surface area contributed by atoms with Gasteiger partial charge in [-0.05, 0) is 75.9 Å². The number of nitrogens with one attached hydrogen (secondary N) is 2. The number of fused-ring (bicyclic) bond motifs is 1. The van der Waals surface area contributed by atoms with Gasteiger partial charge >= 0.3 is 0 Å². The third kappa shape index (κ3) is 6.72. The summed E-state index contributed by atoms with van der Waals surface area (Å²) in [4.78, 5) is 11.9. The molecule has 34 heavy (non-hydrogen) atoms. The Hall–Kier alpha value is -2.13. The molecule has 2 heterocycles. The van der Waals surface area contributed by atoms with E-state index in [-0.39, 0.29) is 30.0 Å². The van der Waals surface area contributed by atoms with Crippen LogP contribution in [0.15, 0.2) is 51.9 Å². The van der Waals surface area contributed by atoms with E-state index < -0.39 is 0 Å². The number of oxazole rings is 1. The lowest BCUT2D eigenvalue weighted by Crippen LogP contribution is -2.39. The zero-order chi connectivity index (χ0) is 23.2. The van der Waals surface area contributed by atoms with Crippen LogP contribution in [0.1, 0.15) is 55.6 Å². The van der Waals surface area contributed by atoms with Crippen molar-refractivity contribution in [1.29, 1.82) is 0 Å². The zero-order valence-electron chi connectivity index (χ0n) is 20.8. The maximum absolute atomic E-state index is 5.76. The minimum Gasteiger partial charge on any atom is -0.444 e. The Labute approximate surface area is 220 Å². The Morgan fingerprint density at radius 1 is 1.15 bits per heavy atom. The molecule has 6 nitrogen and oxygen atoms in total. The Morgan fingerprint density at radius 3 is 2.59 bits per heavy atom. The summed E-state index contributed by atoms with van der Waals surface area (Å²) in [5.74, 6) is 3.27. The molecule has 0 saturated carbocycles. The lowest BCUT2D eigenvalue weighted by molar-refractivity contribution is 0.166. The summed E-state index contributed by atoms with van der Waals surface area (Å²) in [5.41, 5.74) is 2.29. The first kappa shape index (κ1) is 26.5. The van der Waals surface area contributed by atoms with Crippen LogP contribution in [0.25, 0.3) is 10.8 Å². The predicted octanol–water partition coefficient (Wildman–Crippen LogP) is 5.59. The molecular formula is C27H38IN5O. The average molecular weight is 576 g/mol. The second-order valence-electron chi connectivity index (χ2n) is 9.12. The van der Waals surface area contributed by atoms with Gasteiger partial charge in [-0.2, -0.15) is 0 Å². The first-order valence-electron chi connectivity index (χ1n) is 12.2. The first-order valence-corrected chi connectivity index (χ1v) is 12.2. The standard InChI is InChI=1S/C27H37N5O.HI/c1-5-28-27(31-20(3)24-12-8-10-23-9-6-7-11-25(23)24)29-17-22-13-15-32(16-14-22)18-26-30-19(2)21(4)33-26;/h6-12,20,22H,5,13-18H2,1-4H3,(H2,28,29,31);1H. The van der Waals surface area contributed by atoms with E-state index >= 15 is 0 Å². The Morgan fingerprint density at radius 2 is 1.88 bits per heavy atom. The van der Waals surface area contributed by atoms with Gasteiger partial charge < -0.3 is 15.1 Å². The van der Waals surface area contributed by atoms with Crippen molar-refractivity contribution >= 4 is 40.7 Å². The second-order valence-corrected chi connectivity index (χ2v) is 9.12. The molecule has 2 aromatic carbocycles. The number of aliphatic imine (C=N–C) groups is 1. The van der Waals surface area contributed by atoms with Gasteiger partial charge in [0.05, 0.1) is 18.3 Å². The van der Waals surface area contributed by atoms with Crippen LogP contribution in [0, 0.1) is 19.8 Å². The van der Waals surface area contributed by atoms with Crippen LogP contribution in [0.5, 0.6) is 0 Å². The molecule has 2 N–H and O–H groups in total. The van der Waals surface area contributed by atoms with Gasteiger partial charge in [0.15, 0.2) is 5.96 Å². The van der Waals surface area contributed by atoms with Gasteiger partial charge in [0.25, 0.3) is 0 Å². The first-order chi connectivity index (χ1) is 16.0. The summed E-state index contributed by atoms with van der Waals surface area (Å²) in [6, 6.07) is 15.2. The quantitative estimate of drug-likeness (QED) is 0.219. The number of hydrogen-bond donors (Lipinski definition) is 2. The summed E-state index contributed by atoms with van der Waals surface area (Å²) in [5, 5.41) is 9.61. The molecule has 184 valence electrons. The summed E-state index contributed by atoms with van der Waals surface area (Å²) < 4.78 is 5.76. The average Bonchev–Trinajstić information content (AvgIpc) is 3.14. The van der Waals surface area contributed by atoms with E-state index in [4.69, 9.17) is 9.41 Å². The monoisotopic (exact) mass is 575 g/mol. The smallest absolute Gasteiger partial charge is 0.208 e. The van der Waals surface area contributed by atoms with Crippen LogP contribution in [0.2, 0.25) is 0 Å². The van der Waals surface area contributed by atoms with Crippen LogP contribution < -0.4 is 10.6 Å². The van der Waals surface area contributed by atoms with Crippen molar-refractivity contribution in [2.45, 2.75) is 53.1 Å². The van der Waals surface area contributed by atoms with E-state index in [1.165, 1.54) is 16.3 Å². The van der Waals surface area contributed by atoms with Gasteiger partial charge in [0.1, 0.15) is 5.76 Å². The molecule has 7 heteroatoms. The van der Waals surface area contributed by atoms with E-state index in [1.807, 2.05) is 13.8 Å². The fraction of sp³-hybridized carbons (Fsp3) is 0.481. The number of aryl methyl sites for hydroxylation is 2. The predicted molar refractivity (Wildman–Crippen MR) is 151 cm³/mol. The molecule has 1 unspecified atom stereocenters. The number of rotatable bonds is 7. The third-order valence-electron chi connectivity index (χ3n) is 6.63. The Bertz CT molecular complexity index is 1060.